The zero-order chi connectivity index (χ0) is 12.4. The molecule has 1 saturated carbocycles. The molecule has 3 rings (SSSR count). The summed E-state index contributed by atoms with van der Waals surface area (Å²) in [6.07, 6.45) is 6.86. The van der Waals surface area contributed by atoms with Crippen molar-refractivity contribution in [1.82, 2.24) is 14.9 Å². The van der Waals surface area contributed by atoms with E-state index in [-0.39, 0.29) is 5.91 Å². The normalized spacial score (nSPS) is 14.4. The van der Waals surface area contributed by atoms with E-state index in [9.17, 15) is 4.79 Å². The number of rotatable bonds is 4. The van der Waals surface area contributed by atoms with E-state index < -0.39 is 0 Å². The molecule has 0 aliphatic heterocycles. The van der Waals surface area contributed by atoms with Gasteiger partial charge in [-0.3, -0.25) is 9.78 Å². The molecule has 1 fully saturated rings. The third kappa shape index (κ3) is 2.41. The molecule has 4 nitrogen and oxygen atoms in total. The fourth-order valence-electron chi connectivity index (χ4n) is 1.88. The van der Waals surface area contributed by atoms with Gasteiger partial charge in [0.25, 0.3) is 5.91 Å². The van der Waals surface area contributed by atoms with Crippen molar-refractivity contribution >= 4 is 17.2 Å². The first kappa shape index (κ1) is 11.3. The molecule has 92 valence electrons. The summed E-state index contributed by atoms with van der Waals surface area (Å²) in [6, 6.07) is 4.45. The molecule has 0 N–H and O–H groups in total. The third-order valence-corrected chi connectivity index (χ3v) is 3.80. The Bertz CT molecular complexity index is 522. The Kier molecular flexibility index (Phi) is 3.06. The molecule has 5 heteroatoms. The predicted octanol–water partition coefficient (Wildman–Crippen LogP) is 2.34. The molecule has 0 radical (unpaired) electrons. The smallest absolute Gasteiger partial charge is 0.274 e. The van der Waals surface area contributed by atoms with Gasteiger partial charge in [-0.25, -0.2) is 4.98 Å². The number of thiophene rings is 1. The second kappa shape index (κ2) is 4.86. The fourth-order valence-corrected chi connectivity index (χ4v) is 2.58. The van der Waals surface area contributed by atoms with Gasteiger partial charge >= 0.3 is 0 Å². The molecule has 1 amide bonds. The highest BCUT2D eigenvalue weighted by molar-refractivity contribution is 7.09. The van der Waals surface area contributed by atoms with Gasteiger partial charge in [0.05, 0.1) is 12.7 Å². The van der Waals surface area contributed by atoms with Crippen LogP contribution in [0.5, 0.6) is 0 Å². The Morgan fingerprint density at radius 2 is 2.33 bits per heavy atom. The van der Waals surface area contributed by atoms with Gasteiger partial charge in [0, 0.05) is 23.3 Å². The van der Waals surface area contributed by atoms with Crippen LogP contribution in [0.3, 0.4) is 0 Å². The first-order valence-corrected chi connectivity index (χ1v) is 6.82. The Hall–Kier alpha value is -1.75. The lowest BCUT2D eigenvalue weighted by Crippen LogP contribution is -2.32. The highest BCUT2D eigenvalue weighted by Gasteiger charge is 2.33. The lowest BCUT2D eigenvalue weighted by atomic mass is 10.3. The van der Waals surface area contributed by atoms with E-state index in [2.05, 4.69) is 16.0 Å². The van der Waals surface area contributed by atoms with Crippen LogP contribution in [0.4, 0.5) is 0 Å². The molecule has 0 aromatic carbocycles. The zero-order valence-corrected chi connectivity index (χ0v) is 10.6. The summed E-state index contributed by atoms with van der Waals surface area (Å²) in [6.45, 7) is 0.678. The van der Waals surface area contributed by atoms with E-state index in [1.807, 2.05) is 16.3 Å². The number of carbonyl (C=O) groups excluding carboxylic acids is 1. The summed E-state index contributed by atoms with van der Waals surface area (Å²) >= 11 is 1.68. The molecule has 1 aliphatic rings. The standard InChI is InChI=1S/C13H13N3OS/c17-13(12-8-14-5-6-15-12)16(10-3-4-10)9-11-2-1-7-18-11/h1-2,5-8,10H,3-4,9H2. The summed E-state index contributed by atoms with van der Waals surface area (Å²) in [5.41, 5.74) is 0.431. The van der Waals surface area contributed by atoms with Gasteiger partial charge in [-0.1, -0.05) is 6.07 Å². The average molecular weight is 259 g/mol. The van der Waals surface area contributed by atoms with Crippen molar-refractivity contribution in [2.75, 3.05) is 0 Å². The maximum absolute atomic E-state index is 12.4. The number of aromatic nitrogens is 2. The van der Waals surface area contributed by atoms with Gasteiger partial charge in [-0.15, -0.1) is 11.3 Å². The summed E-state index contributed by atoms with van der Waals surface area (Å²) in [7, 11) is 0. The molecule has 0 unspecified atom stereocenters. The molecule has 2 aromatic heterocycles. The van der Waals surface area contributed by atoms with Gasteiger partial charge < -0.3 is 4.90 Å². The summed E-state index contributed by atoms with van der Waals surface area (Å²) < 4.78 is 0. The van der Waals surface area contributed by atoms with Crippen LogP contribution in [-0.4, -0.2) is 26.8 Å². The first-order chi connectivity index (χ1) is 8.84. The molecular formula is C13H13N3OS. The number of amides is 1. The monoisotopic (exact) mass is 259 g/mol. The maximum Gasteiger partial charge on any atom is 0.274 e. The van der Waals surface area contributed by atoms with Crippen molar-refractivity contribution in [3.8, 4) is 0 Å². The van der Waals surface area contributed by atoms with Crippen LogP contribution in [-0.2, 0) is 6.54 Å². The van der Waals surface area contributed by atoms with E-state index >= 15 is 0 Å². The maximum atomic E-state index is 12.4. The molecule has 0 saturated heterocycles. The van der Waals surface area contributed by atoms with Crippen LogP contribution in [0.15, 0.2) is 36.1 Å². The van der Waals surface area contributed by atoms with Crippen molar-refractivity contribution in [3.63, 3.8) is 0 Å². The van der Waals surface area contributed by atoms with E-state index in [0.29, 0.717) is 18.3 Å². The number of hydrogen-bond donors (Lipinski definition) is 0. The largest absolute Gasteiger partial charge is 0.329 e. The third-order valence-electron chi connectivity index (χ3n) is 2.94. The first-order valence-electron chi connectivity index (χ1n) is 5.94. The minimum atomic E-state index is -0.0148. The van der Waals surface area contributed by atoms with Crippen LogP contribution in [0.2, 0.25) is 0 Å². The van der Waals surface area contributed by atoms with Gasteiger partial charge in [0.2, 0.25) is 0 Å². The highest BCUT2D eigenvalue weighted by atomic mass is 32.1. The molecule has 1 aliphatic carbocycles. The minimum absolute atomic E-state index is 0.0148. The van der Waals surface area contributed by atoms with Crippen LogP contribution >= 0.6 is 11.3 Å². The lowest BCUT2D eigenvalue weighted by molar-refractivity contribution is 0.0725. The Labute approximate surface area is 109 Å². The number of carbonyl (C=O) groups is 1. The van der Waals surface area contributed by atoms with Crippen molar-refractivity contribution in [2.24, 2.45) is 0 Å². The fraction of sp³-hybridized carbons (Fsp3) is 0.308. The quantitative estimate of drug-likeness (QED) is 0.846. The SMILES string of the molecule is O=C(c1cnccn1)N(Cc1cccs1)C1CC1. The van der Waals surface area contributed by atoms with Gasteiger partial charge in [-0.05, 0) is 24.3 Å². The van der Waals surface area contributed by atoms with E-state index in [1.165, 1.54) is 11.1 Å². The molecule has 2 heterocycles. The van der Waals surface area contributed by atoms with E-state index in [1.54, 1.807) is 23.7 Å². The predicted molar refractivity (Wildman–Crippen MR) is 69.2 cm³/mol. The van der Waals surface area contributed by atoms with Gasteiger partial charge in [-0.2, -0.15) is 0 Å². The Balaban J connectivity index is 1.80. The van der Waals surface area contributed by atoms with E-state index in [4.69, 9.17) is 0 Å². The van der Waals surface area contributed by atoms with E-state index in [0.717, 1.165) is 12.8 Å². The molecule has 2 aromatic rings. The van der Waals surface area contributed by atoms with Crippen LogP contribution in [0.1, 0.15) is 28.2 Å². The van der Waals surface area contributed by atoms with Gasteiger partial charge in [0.15, 0.2) is 0 Å². The summed E-state index contributed by atoms with van der Waals surface area (Å²) in [5.74, 6) is -0.0148. The second-order valence-electron chi connectivity index (χ2n) is 4.33. The molecule has 0 bridgehead atoms. The van der Waals surface area contributed by atoms with Crippen LogP contribution in [0.25, 0.3) is 0 Å². The number of nitrogens with zero attached hydrogens (tertiary/aromatic N) is 3. The molecule has 0 atom stereocenters. The Morgan fingerprint density at radius 1 is 1.44 bits per heavy atom. The molecule has 0 spiro atoms. The number of hydrogen-bond acceptors (Lipinski definition) is 4. The highest BCUT2D eigenvalue weighted by Crippen LogP contribution is 2.30. The Morgan fingerprint density at radius 3 is 2.94 bits per heavy atom. The van der Waals surface area contributed by atoms with Crippen molar-refractivity contribution in [3.05, 3.63) is 46.7 Å². The summed E-state index contributed by atoms with van der Waals surface area (Å²) in [4.78, 5) is 23.5. The lowest BCUT2D eigenvalue weighted by Gasteiger charge is -2.21. The molecular weight excluding hydrogens is 246 g/mol. The average Bonchev–Trinajstić information content (AvgIpc) is 3.13. The van der Waals surface area contributed by atoms with Crippen molar-refractivity contribution in [1.29, 1.82) is 0 Å². The zero-order valence-electron chi connectivity index (χ0n) is 9.82. The van der Waals surface area contributed by atoms with Crippen LogP contribution < -0.4 is 0 Å². The second-order valence-corrected chi connectivity index (χ2v) is 5.37. The topological polar surface area (TPSA) is 46.1 Å². The van der Waals surface area contributed by atoms with Crippen LogP contribution in [0, 0.1) is 0 Å². The minimum Gasteiger partial charge on any atom is -0.329 e. The summed E-state index contributed by atoms with van der Waals surface area (Å²) in [5, 5.41) is 2.03. The van der Waals surface area contributed by atoms with Crippen molar-refractivity contribution < 1.29 is 4.79 Å². The molecule has 18 heavy (non-hydrogen) atoms. The van der Waals surface area contributed by atoms with Crippen molar-refractivity contribution in [2.45, 2.75) is 25.4 Å². The van der Waals surface area contributed by atoms with Gasteiger partial charge in [0.1, 0.15) is 5.69 Å².